The van der Waals surface area contributed by atoms with Crippen LogP contribution in [0, 0.1) is 11.3 Å². The fraction of sp³-hybridized carbons (Fsp3) is 0.500. The highest BCUT2D eigenvalue weighted by Gasteiger charge is 2.22. The predicted octanol–water partition coefficient (Wildman–Crippen LogP) is 2.59. The Hall–Kier alpha value is -2.74. The highest BCUT2D eigenvalue weighted by Crippen LogP contribution is 2.26. The quantitative estimate of drug-likeness (QED) is 0.264. The molecule has 0 unspecified atom stereocenters. The Balaban J connectivity index is 1.76. The standard InChI is InChI=1S/C20H30N8/c1-15(2)10-16-4-5-18(20(21)24-25-22)19(11-16)28-8-6-27(7-9-28)13-17-12-23-14-26(17)3/h4-5,11-12,14-15H,6-10,13H2,1-3H3,(H3,21,22,24). The number of nitrogens with two attached hydrogens (primary N) is 1. The van der Waals surface area contributed by atoms with E-state index in [9.17, 15) is 0 Å². The molecule has 8 heteroatoms. The van der Waals surface area contributed by atoms with E-state index in [4.69, 9.17) is 11.3 Å². The molecule has 28 heavy (non-hydrogen) atoms. The van der Waals surface area contributed by atoms with Gasteiger partial charge in [-0.25, -0.2) is 4.98 Å². The average molecular weight is 383 g/mol. The number of hydrogen-bond donors (Lipinski definition) is 2. The Morgan fingerprint density at radius 3 is 2.61 bits per heavy atom. The summed E-state index contributed by atoms with van der Waals surface area (Å²) >= 11 is 0. The van der Waals surface area contributed by atoms with Gasteiger partial charge in [0.25, 0.3) is 0 Å². The second kappa shape index (κ2) is 8.97. The van der Waals surface area contributed by atoms with Gasteiger partial charge in [-0.2, -0.15) is 0 Å². The molecular weight excluding hydrogens is 352 g/mol. The van der Waals surface area contributed by atoms with Crippen LogP contribution in [0.5, 0.6) is 0 Å². The third kappa shape index (κ3) is 4.75. The van der Waals surface area contributed by atoms with Gasteiger partial charge in [-0.05, 0) is 30.0 Å². The molecule has 0 aliphatic carbocycles. The molecule has 1 saturated heterocycles. The van der Waals surface area contributed by atoms with Crippen LogP contribution in [0.1, 0.15) is 30.7 Å². The molecule has 0 amide bonds. The maximum Gasteiger partial charge on any atom is 0.178 e. The number of aryl methyl sites for hydroxylation is 1. The van der Waals surface area contributed by atoms with Gasteiger partial charge in [-0.1, -0.05) is 25.1 Å². The van der Waals surface area contributed by atoms with Gasteiger partial charge in [0.1, 0.15) is 0 Å². The maximum absolute atomic E-state index is 8.21. The van der Waals surface area contributed by atoms with E-state index in [0.717, 1.165) is 50.4 Å². The zero-order chi connectivity index (χ0) is 20.1. The van der Waals surface area contributed by atoms with Crippen molar-refractivity contribution in [1.29, 1.82) is 5.41 Å². The SMILES string of the molecule is CC(C)Cc1ccc(C(=N)N=NN)c(N2CCN(Cc3cncn3C)CC2)c1. The molecule has 3 rings (SSSR count). The van der Waals surface area contributed by atoms with Crippen molar-refractivity contribution < 1.29 is 0 Å². The first kappa shape index (κ1) is 20.0. The van der Waals surface area contributed by atoms with E-state index in [-0.39, 0.29) is 5.84 Å². The summed E-state index contributed by atoms with van der Waals surface area (Å²) in [7, 11) is 2.03. The van der Waals surface area contributed by atoms with Crippen LogP contribution in [0.2, 0.25) is 0 Å². The summed E-state index contributed by atoms with van der Waals surface area (Å²) in [5.74, 6) is 5.86. The Morgan fingerprint density at radius 2 is 2.00 bits per heavy atom. The molecule has 8 nitrogen and oxygen atoms in total. The van der Waals surface area contributed by atoms with Gasteiger partial charge in [0, 0.05) is 57.2 Å². The van der Waals surface area contributed by atoms with E-state index in [2.05, 4.69) is 55.7 Å². The number of benzene rings is 1. The van der Waals surface area contributed by atoms with E-state index >= 15 is 0 Å². The van der Waals surface area contributed by atoms with Crippen LogP contribution < -0.4 is 10.7 Å². The first-order chi connectivity index (χ1) is 13.5. The zero-order valence-electron chi connectivity index (χ0n) is 17.0. The molecule has 1 aromatic carbocycles. The highest BCUT2D eigenvalue weighted by molar-refractivity contribution is 6.02. The van der Waals surface area contributed by atoms with E-state index in [1.54, 1.807) is 0 Å². The van der Waals surface area contributed by atoms with Gasteiger partial charge in [-0.15, -0.1) is 5.11 Å². The number of hydrogen-bond acceptors (Lipinski definition) is 5. The monoisotopic (exact) mass is 382 g/mol. The molecule has 3 N–H and O–H groups in total. The smallest absolute Gasteiger partial charge is 0.178 e. The molecule has 1 fully saturated rings. The second-order valence-electron chi connectivity index (χ2n) is 7.77. The molecule has 2 heterocycles. The van der Waals surface area contributed by atoms with E-state index in [1.165, 1.54) is 11.3 Å². The summed E-state index contributed by atoms with van der Waals surface area (Å²) in [6.45, 7) is 9.08. The number of aromatic nitrogens is 2. The summed E-state index contributed by atoms with van der Waals surface area (Å²) in [4.78, 5) is 8.99. The van der Waals surface area contributed by atoms with Crippen LogP contribution in [0.15, 0.2) is 41.1 Å². The summed E-state index contributed by atoms with van der Waals surface area (Å²) < 4.78 is 2.07. The number of piperazine rings is 1. The van der Waals surface area contributed by atoms with Gasteiger partial charge in [0.2, 0.25) is 0 Å². The summed E-state index contributed by atoms with van der Waals surface area (Å²) in [5.41, 5.74) is 4.33. The minimum absolute atomic E-state index is 0.103. The van der Waals surface area contributed by atoms with E-state index < -0.39 is 0 Å². The topological polar surface area (TPSA) is 98.9 Å². The van der Waals surface area contributed by atoms with Crippen molar-refractivity contribution in [2.75, 3.05) is 31.1 Å². The number of imidazole rings is 1. The number of amidine groups is 1. The van der Waals surface area contributed by atoms with Crippen molar-refractivity contribution in [3.63, 3.8) is 0 Å². The Kier molecular flexibility index (Phi) is 6.41. The fourth-order valence-corrected chi connectivity index (χ4v) is 3.66. The van der Waals surface area contributed by atoms with Gasteiger partial charge in [-0.3, -0.25) is 10.3 Å². The van der Waals surface area contributed by atoms with Crippen LogP contribution in [0.4, 0.5) is 5.69 Å². The molecule has 1 aromatic heterocycles. The second-order valence-corrected chi connectivity index (χ2v) is 7.77. The normalized spacial score (nSPS) is 15.6. The van der Waals surface area contributed by atoms with Crippen LogP contribution in [0.3, 0.4) is 0 Å². The molecule has 0 atom stereocenters. The molecule has 0 saturated carbocycles. The number of rotatable bonds is 6. The lowest BCUT2D eigenvalue weighted by Crippen LogP contribution is -2.46. The van der Waals surface area contributed by atoms with Crippen LogP contribution >= 0.6 is 0 Å². The average Bonchev–Trinajstić information content (AvgIpc) is 3.06. The van der Waals surface area contributed by atoms with E-state index in [0.29, 0.717) is 5.92 Å². The third-order valence-corrected chi connectivity index (χ3v) is 5.13. The molecule has 0 bridgehead atoms. The molecular formula is C20H30N8. The lowest BCUT2D eigenvalue weighted by molar-refractivity contribution is 0.245. The fourth-order valence-electron chi connectivity index (χ4n) is 3.66. The molecule has 1 aliphatic heterocycles. The van der Waals surface area contributed by atoms with E-state index in [1.807, 2.05) is 25.6 Å². The summed E-state index contributed by atoms with van der Waals surface area (Å²) in [6, 6.07) is 6.26. The van der Waals surface area contributed by atoms with Crippen molar-refractivity contribution in [3.05, 3.63) is 47.5 Å². The first-order valence-electron chi connectivity index (χ1n) is 9.73. The van der Waals surface area contributed by atoms with Crippen LogP contribution in [0.25, 0.3) is 0 Å². The molecule has 1 aliphatic rings. The molecule has 150 valence electrons. The summed E-state index contributed by atoms with van der Waals surface area (Å²) in [5, 5.41) is 15.3. The Labute approximate surface area is 166 Å². The zero-order valence-corrected chi connectivity index (χ0v) is 17.0. The summed E-state index contributed by atoms with van der Waals surface area (Å²) in [6.07, 6.45) is 4.79. The third-order valence-electron chi connectivity index (χ3n) is 5.13. The van der Waals surface area contributed by atoms with Crippen molar-refractivity contribution in [3.8, 4) is 0 Å². The van der Waals surface area contributed by atoms with Gasteiger partial charge >= 0.3 is 0 Å². The highest BCUT2D eigenvalue weighted by atomic mass is 15.3. The first-order valence-corrected chi connectivity index (χ1v) is 9.73. The van der Waals surface area contributed by atoms with Crippen LogP contribution in [-0.4, -0.2) is 46.5 Å². The molecule has 0 radical (unpaired) electrons. The van der Waals surface area contributed by atoms with Gasteiger partial charge in [0.05, 0.1) is 12.0 Å². The van der Waals surface area contributed by atoms with Crippen molar-refractivity contribution in [2.24, 2.45) is 29.1 Å². The number of nitrogens with one attached hydrogen (secondary N) is 1. The molecule has 0 spiro atoms. The van der Waals surface area contributed by atoms with Gasteiger partial charge in [0.15, 0.2) is 5.84 Å². The number of nitrogens with zero attached hydrogens (tertiary/aromatic N) is 6. The predicted molar refractivity (Wildman–Crippen MR) is 112 cm³/mol. The Bertz CT molecular complexity index is 830. The van der Waals surface area contributed by atoms with Crippen LogP contribution in [-0.2, 0) is 20.0 Å². The van der Waals surface area contributed by atoms with Crippen molar-refractivity contribution >= 4 is 11.5 Å². The Morgan fingerprint density at radius 1 is 1.25 bits per heavy atom. The minimum atomic E-state index is 0.103. The lowest BCUT2D eigenvalue weighted by atomic mass is 9.99. The lowest BCUT2D eigenvalue weighted by Gasteiger charge is -2.37. The number of anilines is 1. The largest absolute Gasteiger partial charge is 0.368 e. The maximum atomic E-state index is 8.21. The van der Waals surface area contributed by atoms with Gasteiger partial charge < -0.3 is 15.3 Å². The van der Waals surface area contributed by atoms with Crippen molar-refractivity contribution in [1.82, 2.24) is 14.5 Å². The molecule has 2 aromatic rings. The van der Waals surface area contributed by atoms with Crippen molar-refractivity contribution in [2.45, 2.75) is 26.8 Å². The minimum Gasteiger partial charge on any atom is -0.368 e.